The summed E-state index contributed by atoms with van der Waals surface area (Å²) in [5, 5.41) is 9.08. The predicted molar refractivity (Wildman–Crippen MR) is 152 cm³/mol. The fourth-order valence-corrected chi connectivity index (χ4v) is 6.90. The molecule has 0 radical (unpaired) electrons. The molecule has 1 atom stereocenters. The van der Waals surface area contributed by atoms with Crippen LogP contribution in [0.3, 0.4) is 0 Å². The van der Waals surface area contributed by atoms with Crippen LogP contribution in [0.25, 0.3) is 0 Å². The largest absolute Gasteiger partial charge is 0.466 e. The van der Waals surface area contributed by atoms with Crippen LogP contribution < -0.4 is 5.30 Å². The minimum absolute atomic E-state index is 0.440. The van der Waals surface area contributed by atoms with Crippen LogP contribution in [0.5, 0.6) is 0 Å². The van der Waals surface area contributed by atoms with Gasteiger partial charge in [-0.3, -0.25) is 4.99 Å². The lowest BCUT2D eigenvalue weighted by Crippen LogP contribution is -2.48. The van der Waals surface area contributed by atoms with Crippen molar-refractivity contribution in [1.82, 2.24) is 0 Å². The molecular weight excluding hydrogens is 481 g/mol. The highest BCUT2D eigenvalue weighted by atomic mass is 31.2. The summed E-state index contributed by atoms with van der Waals surface area (Å²) in [7, 11) is -3.22. The standard InChI is InChI=1S/C30H35N3O3P/c1-30(2)28(33-27-26(31)10-6-7-19-32-29(27)36-30)24-17-15-23(16-18-24)22-13-11-21(12-14-22)20-37(34,35)25-8-4-3-5-9-25/h3-5,7-9,15-20,22,27,31,34-35H,6,10-14H2,1-2H3/q+1/b19-7-,21-20?,31-26?,32-29?. The molecule has 1 unspecified atom stereocenters. The SMILES string of the molecule is CC1(C)OC2=N/C=C\CCC(=N)C2N=C1c1ccc(C2CCC(=C[P+](O)(O)c3ccccc3)CC2)cc1. The van der Waals surface area contributed by atoms with Crippen molar-refractivity contribution in [2.24, 2.45) is 9.98 Å². The van der Waals surface area contributed by atoms with E-state index in [1.54, 1.807) is 24.1 Å². The normalized spacial score (nSPS) is 24.5. The van der Waals surface area contributed by atoms with Crippen LogP contribution in [0, 0.1) is 5.41 Å². The van der Waals surface area contributed by atoms with Crippen molar-refractivity contribution < 1.29 is 14.5 Å². The van der Waals surface area contributed by atoms with Crippen LogP contribution in [0.2, 0.25) is 0 Å². The number of nitrogens with one attached hydrogen (secondary N) is 1. The molecule has 2 heterocycles. The highest BCUT2D eigenvalue weighted by molar-refractivity contribution is 7.75. The summed E-state index contributed by atoms with van der Waals surface area (Å²) in [5.41, 5.74) is 4.17. The van der Waals surface area contributed by atoms with Gasteiger partial charge in [0.2, 0.25) is 5.90 Å². The Morgan fingerprint density at radius 2 is 1.70 bits per heavy atom. The maximum Gasteiger partial charge on any atom is 0.325 e. The Balaban J connectivity index is 1.30. The fourth-order valence-electron chi connectivity index (χ4n) is 5.37. The number of hydrogen-bond donors (Lipinski definition) is 3. The predicted octanol–water partition coefficient (Wildman–Crippen LogP) is 6.08. The third kappa shape index (κ3) is 5.67. The molecule has 0 aromatic heterocycles. The van der Waals surface area contributed by atoms with Crippen LogP contribution in [0.15, 0.2) is 88.2 Å². The number of rotatable bonds is 4. The second-order valence-electron chi connectivity index (χ2n) is 10.6. The van der Waals surface area contributed by atoms with Crippen molar-refractivity contribution in [1.29, 1.82) is 5.41 Å². The third-order valence-corrected chi connectivity index (χ3v) is 9.21. The summed E-state index contributed by atoms with van der Waals surface area (Å²) in [6.07, 6.45) is 8.88. The molecule has 3 N–H and O–H groups in total. The van der Waals surface area contributed by atoms with E-state index in [-0.39, 0.29) is 0 Å². The van der Waals surface area contributed by atoms with Crippen molar-refractivity contribution in [2.45, 2.75) is 69.9 Å². The Bertz CT molecular complexity index is 1270. The zero-order valence-corrected chi connectivity index (χ0v) is 22.4. The third-order valence-electron chi connectivity index (χ3n) is 7.42. The van der Waals surface area contributed by atoms with E-state index in [1.807, 2.05) is 38.1 Å². The Morgan fingerprint density at radius 3 is 2.41 bits per heavy atom. The van der Waals surface area contributed by atoms with Crippen molar-refractivity contribution >= 4 is 30.3 Å². The molecule has 0 spiro atoms. The first-order valence-corrected chi connectivity index (χ1v) is 14.8. The lowest BCUT2D eigenvalue weighted by Gasteiger charge is -2.36. The van der Waals surface area contributed by atoms with E-state index in [9.17, 15) is 9.79 Å². The molecule has 2 aromatic carbocycles. The maximum absolute atomic E-state index is 10.7. The molecule has 1 fully saturated rings. The minimum atomic E-state index is -3.22. The summed E-state index contributed by atoms with van der Waals surface area (Å²) in [6, 6.07) is 17.3. The summed E-state index contributed by atoms with van der Waals surface area (Å²) in [4.78, 5) is 30.8. The lowest BCUT2D eigenvalue weighted by molar-refractivity contribution is 0.155. The molecule has 0 saturated heterocycles. The molecule has 1 aliphatic carbocycles. The van der Waals surface area contributed by atoms with Crippen molar-refractivity contribution in [3.63, 3.8) is 0 Å². The van der Waals surface area contributed by atoms with Crippen LogP contribution in [-0.2, 0) is 4.74 Å². The number of ether oxygens (including phenoxy) is 1. The van der Waals surface area contributed by atoms with Crippen molar-refractivity contribution in [2.75, 3.05) is 0 Å². The number of allylic oxidation sites excluding steroid dienone is 2. The first kappa shape index (κ1) is 25.7. The molecule has 7 heteroatoms. The van der Waals surface area contributed by atoms with Crippen LogP contribution in [-0.4, -0.2) is 38.8 Å². The molecule has 0 amide bonds. The lowest BCUT2D eigenvalue weighted by atomic mass is 9.81. The van der Waals surface area contributed by atoms with Gasteiger partial charge in [-0.05, 0) is 87.1 Å². The van der Waals surface area contributed by atoms with E-state index in [0.717, 1.165) is 49.0 Å². The molecule has 5 rings (SSSR count). The summed E-state index contributed by atoms with van der Waals surface area (Å²) < 4.78 is 6.26. The molecule has 192 valence electrons. The van der Waals surface area contributed by atoms with E-state index in [2.05, 4.69) is 29.3 Å². The smallest absolute Gasteiger partial charge is 0.325 e. The average molecular weight is 517 g/mol. The second-order valence-corrected chi connectivity index (χ2v) is 12.7. The van der Waals surface area contributed by atoms with E-state index < -0.39 is 19.4 Å². The fraction of sp³-hybridized carbons (Fsp3) is 0.367. The summed E-state index contributed by atoms with van der Waals surface area (Å²) in [6.45, 7) is 4.00. The molecule has 2 aromatic rings. The quantitative estimate of drug-likeness (QED) is 0.430. The summed E-state index contributed by atoms with van der Waals surface area (Å²) >= 11 is 0. The van der Waals surface area contributed by atoms with Gasteiger partial charge < -0.3 is 10.1 Å². The van der Waals surface area contributed by atoms with Gasteiger partial charge in [-0.1, -0.05) is 48.5 Å². The Kier molecular flexibility index (Phi) is 7.26. The number of benzene rings is 2. The first-order chi connectivity index (χ1) is 17.7. The van der Waals surface area contributed by atoms with Gasteiger partial charge >= 0.3 is 7.72 Å². The van der Waals surface area contributed by atoms with E-state index in [1.165, 1.54) is 5.56 Å². The van der Waals surface area contributed by atoms with Crippen LogP contribution in [0.1, 0.15) is 69.4 Å². The molecule has 0 bridgehead atoms. The average Bonchev–Trinajstić information content (AvgIpc) is 2.88. The highest BCUT2D eigenvalue weighted by Gasteiger charge is 2.39. The van der Waals surface area contributed by atoms with Crippen LogP contribution >= 0.6 is 7.72 Å². The molecule has 6 nitrogen and oxygen atoms in total. The Labute approximate surface area is 219 Å². The van der Waals surface area contributed by atoms with Crippen molar-refractivity contribution in [3.8, 4) is 0 Å². The Morgan fingerprint density at radius 1 is 1.00 bits per heavy atom. The number of aliphatic imine (C=N–C) groups is 2. The highest BCUT2D eigenvalue weighted by Crippen LogP contribution is 2.53. The molecule has 3 aliphatic rings. The van der Waals surface area contributed by atoms with Gasteiger partial charge in [-0.15, -0.1) is 0 Å². The molecule has 2 aliphatic heterocycles. The number of fused-ring (bicyclic) bond motifs is 1. The van der Waals surface area contributed by atoms with Gasteiger partial charge in [-0.2, -0.15) is 0 Å². The van der Waals surface area contributed by atoms with Crippen LogP contribution in [0.4, 0.5) is 0 Å². The molecular formula is C30H35N3O3P+. The monoisotopic (exact) mass is 516 g/mol. The van der Waals surface area contributed by atoms with Gasteiger partial charge in [-0.25, -0.2) is 14.8 Å². The topological polar surface area (TPSA) is 98.3 Å². The zero-order valence-electron chi connectivity index (χ0n) is 21.5. The molecule has 1 saturated carbocycles. The van der Waals surface area contributed by atoms with Gasteiger partial charge in [0, 0.05) is 11.9 Å². The molecule has 37 heavy (non-hydrogen) atoms. The number of nitrogens with zero attached hydrogens (tertiary/aromatic N) is 2. The minimum Gasteiger partial charge on any atom is -0.466 e. The van der Waals surface area contributed by atoms with E-state index >= 15 is 0 Å². The first-order valence-electron chi connectivity index (χ1n) is 13.0. The van der Waals surface area contributed by atoms with Gasteiger partial charge in [0.1, 0.15) is 11.4 Å². The zero-order chi connectivity index (χ0) is 26.0. The van der Waals surface area contributed by atoms with Gasteiger partial charge in [0.25, 0.3) is 0 Å². The van der Waals surface area contributed by atoms with E-state index in [4.69, 9.17) is 15.1 Å². The van der Waals surface area contributed by atoms with Crippen molar-refractivity contribution in [3.05, 3.63) is 89.4 Å². The maximum atomic E-state index is 10.7. The Hall–Kier alpha value is -2.92. The van der Waals surface area contributed by atoms with Gasteiger partial charge in [0.05, 0.1) is 5.71 Å². The van der Waals surface area contributed by atoms with Gasteiger partial charge in [0.15, 0.2) is 11.3 Å². The summed E-state index contributed by atoms with van der Waals surface area (Å²) in [5.74, 6) is 2.67. The second kappa shape index (κ2) is 10.4. The number of hydrogen-bond acceptors (Lipinski definition) is 6. The van der Waals surface area contributed by atoms with E-state index in [0.29, 0.717) is 29.3 Å².